The molecule has 0 aliphatic heterocycles. The van der Waals surface area contributed by atoms with Crippen LogP contribution in [0.2, 0.25) is 0 Å². The molecule has 3 heterocycles. The molecule has 0 aliphatic rings. The quantitative estimate of drug-likeness (QED) is 0.429. The Labute approximate surface area is 181 Å². The number of para-hydroxylation sites is 3. The summed E-state index contributed by atoms with van der Waals surface area (Å²) in [6, 6.07) is 27.8. The van der Waals surface area contributed by atoms with Gasteiger partial charge in [-0.25, -0.2) is 14.1 Å². The predicted octanol–water partition coefficient (Wildman–Crippen LogP) is 4.31. The lowest BCUT2D eigenvalue weighted by Crippen LogP contribution is -2.22. The molecule has 6 heteroatoms. The van der Waals surface area contributed by atoms with Gasteiger partial charge >= 0.3 is 0 Å². The van der Waals surface area contributed by atoms with Crippen molar-refractivity contribution in [3.05, 3.63) is 112 Å². The number of benzene rings is 3. The average Bonchev–Trinajstić information content (AvgIpc) is 3.48. The van der Waals surface area contributed by atoms with E-state index < -0.39 is 0 Å². The molecule has 0 fully saturated rings. The largest absolute Gasteiger partial charge is 0.275 e. The van der Waals surface area contributed by atoms with Crippen molar-refractivity contribution >= 4 is 33.4 Å². The van der Waals surface area contributed by atoms with Crippen molar-refractivity contribution < 1.29 is 0 Å². The van der Waals surface area contributed by atoms with Gasteiger partial charge in [0.05, 0.1) is 26.9 Å². The molecule has 6 rings (SSSR count). The van der Waals surface area contributed by atoms with Gasteiger partial charge in [0, 0.05) is 11.8 Å². The summed E-state index contributed by atoms with van der Waals surface area (Å²) in [7, 11) is 0. The summed E-state index contributed by atoms with van der Waals surface area (Å²) in [6.45, 7) is 0. The number of rotatable bonds is 3. The van der Waals surface area contributed by atoms with Crippen molar-refractivity contribution in [2.75, 3.05) is 0 Å². The van der Waals surface area contributed by atoms with Gasteiger partial charge in [0.2, 0.25) is 0 Å². The van der Waals surface area contributed by atoms with Gasteiger partial charge in [-0.3, -0.25) is 4.79 Å². The molecule has 0 amide bonds. The Morgan fingerprint density at radius 1 is 0.839 bits per heavy atom. The monoisotopic (exact) mass is 420 g/mol. The highest BCUT2D eigenvalue weighted by Crippen LogP contribution is 2.25. The van der Waals surface area contributed by atoms with Gasteiger partial charge in [0.1, 0.15) is 0 Å². The van der Waals surface area contributed by atoms with Crippen molar-refractivity contribution in [2.45, 2.75) is 0 Å². The molecule has 3 aromatic heterocycles. The van der Waals surface area contributed by atoms with Crippen molar-refractivity contribution in [1.82, 2.24) is 19.2 Å². The third-order valence-electron chi connectivity index (χ3n) is 5.26. The summed E-state index contributed by atoms with van der Waals surface area (Å²) < 4.78 is 4.15. The number of hydrogen-bond acceptors (Lipinski definition) is 4. The third kappa shape index (κ3) is 2.96. The van der Waals surface area contributed by atoms with Crippen LogP contribution in [0.25, 0.3) is 38.9 Å². The number of hydrogen-bond donors (Lipinski definition) is 0. The summed E-state index contributed by atoms with van der Waals surface area (Å²) in [6.07, 6.45) is 3.88. The fourth-order valence-electron chi connectivity index (χ4n) is 3.78. The van der Waals surface area contributed by atoms with E-state index in [-0.39, 0.29) is 5.56 Å². The zero-order valence-corrected chi connectivity index (χ0v) is 17.2. The highest BCUT2D eigenvalue weighted by molar-refractivity contribution is 7.15. The van der Waals surface area contributed by atoms with Crippen LogP contribution in [0.1, 0.15) is 5.69 Å². The first-order chi connectivity index (χ1) is 15.3. The fourth-order valence-corrected chi connectivity index (χ4v) is 4.75. The van der Waals surface area contributed by atoms with Gasteiger partial charge in [0.25, 0.3) is 5.56 Å². The molecular formula is C25H16N4OS. The van der Waals surface area contributed by atoms with E-state index in [0.29, 0.717) is 9.49 Å². The Hall–Kier alpha value is -4.03. The predicted molar refractivity (Wildman–Crippen MR) is 125 cm³/mol. The second-order valence-electron chi connectivity index (χ2n) is 7.21. The summed E-state index contributed by atoms with van der Waals surface area (Å²) in [5, 5.41) is 4.81. The van der Waals surface area contributed by atoms with E-state index in [9.17, 15) is 4.79 Å². The van der Waals surface area contributed by atoms with Gasteiger partial charge in [0.15, 0.2) is 4.96 Å². The second kappa shape index (κ2) is 7.04. The Balaban J connectivity index is 1.59. The van der Waals surface area contributed by atoms with E-state index in [4.69, 9.17) is 5.10 Å². The van der Waals surface area contributed by atoms with Gasteiger partial charge in [-0.15, -0.1) is 0 Å². The minimum Gasteiger partial charge on any atom is -0.267 e. The van der Waals surface area contributed by atoms with Crippen LogP contribution in [-0.2, 0) is 0 Å². The molecule has 5 nitrogen and oxygen atoms in total. The van der Waals surface area contributed by atoms with Crippen LogP contribution < -0.4 is 10.1 Å². The summed E-state index contributed by atoms with van der Waals surface area (Å²) >= 11 is 1.39. The molecule has 0 N–H and O–H groups in total. The standard InChI is InChI=1S/C25H16N4OS/c30-24-23(31-25-26-20-13-7-8-14-22(20)29(24)25)15-21-19(17-9-3-1-4-10-17)16-28(27-21)18-11-5-2-6-12-18/h1-16H. The number of aromatic nitrogens is 4. The van der Waals surface area contributed by atoms with E-state index in [1.807, 2.05) is 89.8 Å². The lowest BCUT2D eigenvalue weighted by molar-refractivity contribution is 0.875. The van der Waals surface area contributed by atoms with Crippen molar-refractivity contribution in [3.8, 4) is 16.8 Å². The SMILES string of the molecule is O=c1c(=Cc2nn(-c3ccccc3)cc2-c2ccccc2)sc2nc3ccccc3n12. The van der Waals surface area contributed by atoms with E-state index in [2.05, 4.69) is 17.1 Å². The minimum atomic E-state index is -0.0676. The molecule has 31 heavy (non-hydrogen) atoms. The zero-order valence-electron chi connectivity index (χ0n) is 16.3. The summed E-state index contributed by atoms with van der Waals surface area (Å²) in [4.78, 5) is 18.5. The number of fused-ring (bicyclic) bond motifs is 3. The third-order valence-corrected chi connectivity index (χ3v) is 6.23. The molecule has 0 radical (unpaired) electrons. The van der Waals surface area contributed by atoms with Crippen LogP contribution in [0.4, 0.5) is 0 Å². The molecule has 0 saturated heterocycles. The van der Waals surface area contributed by atoms with Crippen LogP contribution in [0.5, 0.6) is 0 Å². The molecule has 0 unspecified atom stereocenters. The first-order valence-electron chi connectivity index (χ1n) is 9.90. The molecular weight excluding hydrogens is 404 g/mol. The molecule has 0 atom stereocenters. The van der Waals surface area contributed by atoms with E-state index in [0.717, 1.165) is 33.5 Å². The molecule has 0 saturated carbocycles. The number of thiazole rings is 1. The van der Waals surface area contributed by atoms with Crippen LogP contribution in [0.15, 0.2) is 95.9 Å². The van der Waals surface area contributed by atoms with Crippen molar-refractivity contribution in [3.63, 3.8) is 0 Å². The molecule has 0 bridgehead atoms. The maximum Gasteiger partial charge on any atom is 0.275 e. The average molecular weight is 420 g/mol. The Morgan fingerprint density at radius 2 is 1.55 bits per heavy atom. The van der Waals surface area contributed by atoms with Crippen LogP contribution in [0.3, 0.4) is 0 Å². The Bertz CT molecular complexity index is 1650. The smallest absolute Gasteiger partial charge is 0.267 e. The molecule has 6 aromatic rings. The van der Waals surface area contributed by atoms with Crippen LogP contribution in [0, 0.1) is 0 Å². The zero-order chi connectivity index (χ0) is 20.8. The second-order valence-corrected chi connectivity index (χ2v) is 8.22. The van der Waals surface area contributed by atoms with Gasteiger partial charge in [-0.1, -0.05) is 72.0 Å². The summed E-state index contributed by atoms with van der Waals surface area (Å²) in [5.41, 5.74) is 5.33. The lowest BCUT2D eigenvalue weighted by Gasteiger charge is -1.99. The fraction of sp³-hybridized carbons (Fsp3) is 0. The van der Waals surface area contributed by atoms with E-state index in [1.165, 1.54) is 11.3 Å². The van der Waals surface area contributed by atoms with Gasteiger partial charge in [-0.05, 0) is 35.9 Å². The summed E-state index contributed by atoms with van der Waals surface area (Å²) in [5.74, 6) is 0. The Morgan fingerprint density at radius 3 is 2.35 bits per heavy atom. The molecule has 3 aromatic carbocycles. The van der Waals surface area contributed by atoms with Crippen molar-refractivity contribution in [2.24, 2.45) is 0 Å². The van der Waals surface area contributed by atoms with Gasteiger partial charge in [-0.2, -0.15) is 5.10 Å². The highest BCUT2D eigenvalue weighted by Gasteiger charge is 2.14. The first kappa shape index (κ1) is 17.8. The van der Waals surface area contributed by atoms with Crippen LogP contribution in [-0.4, -0.2) is 19.2 Å². The first-order valence-corrected chi connectivity index (χ1v) is 10.7. The molecule has 148 valence electrons. The molecule has 0 spiro atoms. The maximum absolute atomic E-state index is 13.2. The minimum absolute atomic E-state index is 0.0676. The van der Waals surface area contributed by atoms with E-state index in [1.54, 1.807) is 4.40 Å². The number of nitrogens with zero attached hydrogens (tertiary/aromatic N) is 4. The maximum atomic E-state index is 13.2. The number of imidazole rings is 1. The highest BCUT2D eigenvalue weighted by atomic mass is 32.1. The Kier molecular flexibility index (Phi) is 4.04. The lowest BCUT2D eigenvalue weighted by atomic mass is 10.1. The molecule has 0 aliphatic carbocycles. The normalized spacial score (nSPS) is 12.2. The van der Waals surface area contributed by atoms with Crippen LogP contribution >= 0.6 is 11.3 Å². The van der Waals surface area contributed by atoms with Crippen molar-refractivity contribution in [1.29, 1.82) is 0 Å². The van der Waals surface area contributed by atoms with E-state index >= 15 is 0 Å². The van der Waals surface area contributed by atoms with Gasteiger partial charge < -0.3 is 0 Å². The topological polar surface area (TPSA) is 52.2 Å².